The fraction of sp³-hybridized carbons (Fsp3) is 0.280. The first-order valence-corrected chi connectivity index (χ1v) is 11.3. The summed E-state index contributed by atoms with van der Waals surface area (Å²) in [5.74, 6) is 1.64. The first kappa shape index (κ1) is 23.0. The normalized spacial score (nSPS) is 11.6. The van der Waals surface area contributed by atoms with Gasteiger partial charge in [0.05, 0.1) is 17.9 Å². The van der Waals surface area contributed by atoms with Gasteiger partial charge in [-0.1, -0.05) is 31.5 Å². The number of anilines is 2. The number of aliphatic imine (C=N–C) groups is 1. The largest absolute Gasteiger partial charge is 0.493 e. The summed E-state index contributed by atoms with van der Waals surface area (Å²) in [5.41, 5.74) is 4.01. The SMILES string of the molecule is CCCc1nn(C)c2c(=O)[nH]c(-c3cc(NC(=NC)Nc4ccccc4)ccc3OCC)nc12. The standard InChI is InChI=1S/C25H29N7O2/c1-5-10-19-21-22(32(4)31-19)24(33)30-23(29-21)18-15-17(13-14-20(18)34-6-2)28-25(26-3)27-16-11-8-7-9-12-16/h7-9,11-15H,5-6,10H2,1-4H3,(H2,26,27,28)(H,29,30,33). The van der Waals surface area contributed by atoms with Crippen LogP contribution in [-0.2, 0) is 13.5 Å². The van der Waals surface area contributed by atoms with E-state index in [2.05, 4.69) is 32.6 Å². The number of aryl methyl sites for hydroxylation is 2. The van der Waals surface area contributed by atoms with Gasteiger partial charge in [0.2, 0.25) is 0 Å². The second kappa shape index (κ2) is 10.2. The third kappa shape index (κ3) is 4.78. The highest BCUT2D eigenvalue weighted by atomic mass is 16.5. The highest BCUT2D eigenvalue weighted by molar-refractivity contribution is 6.03. The van der Waals surface area contributed by atoms with E-state index in [0.717, 1.165) is 29.9 Å². The summed E-state index contributed by atoms with van der Waals surface area (Å²) in [6.07, 6.45) is 1.65. The lowest BCUT2D eigenvalue weighted by molar-refractivity contribution is 0.341. The molecular weight excluding hydrogens is 430 g/mol. The van der Waals surface area contributed by atoms with Crippen molar-refractivity contribution in [2.45, 2.75) is 26.7 Å². The van der Waals surface area contributed by atoms with Gasteiger partial charge in [0.15, 0.2) is 11.5 Å². The summed E-state index contributed by atoms with van der Waals surface area (Å²) < 4.78 is 7.45. The van der Waals surface area contributed by atoms with Crippen LogP contribution in [-0.4, -0.2) is 39.4 Å². The Hall–Kier alpha value is -4.14. The van der Waals surface area contributed by atoms with Crippen molar-refractivity contribution in [3.05, 3.63) is 64.6 Å². The molecule has 0 fully saturated rings. The average molecular weight is 460 g/mol. The second-order valence-electron chi connectivity index (χ2n) is 7.76. The van der Waals surface area contributed by atoms with Gasteiger partial charge in [-0.05, 0) is 43.7 Å². The maximum atomic E-state index is 13.0. The van der Waals surface area contributed by atoms with Gasteiger partial charge in [0.1, 0.15) is 17.1 Å². The van der Waals surface area contributed by atoms with Gasteiger partial charge in [0, 0.05) is 25.5 Å². The van der Waals surface area contributed by atoms with Crippen molar-refractivity contribution in [3.63, 3.8) is 0 Å². The molecule has 0 aliphatic carbocycles. The van der Waals surface area contributed by atoms with Crippen LogP contribution in [0.1, 0.15) is 26.0 Å². The fourth-order valence-corrected chi connectivity index (χ4v) is 3.79. The molecule has 9 nitrogen and oxygen atoms in total. The Kier molecular flexibility index (Phi) is 6.91. The second-order valence-corrected chi connectivity index (χ2v) is 7.76. The number of aromatic amines is 1. The maximum Gasteiger partial charge on any atom is 0.277 e. The molecular formula is C25H29N7O2. The van der Waals surface area contributed by atoms with Crippen LogP contribution in [0.2, 0.25) is 0 Å². The van der Waals surface area contributed by atoms with Crippen molar-refractivity contribution in [1.82, 2.24) is 19.7 Å². The van der Waals surface area contributed by atoms with E-state index in [1.807, 2.05) is 55.5 Å². The Morgan fingerprint density at radius 2 is 1.88 bits per heavy atom. The Morgan fingerprint density at radius 3 is 2.59 bits per heavy atom. The van der Waals surface area contributed by atoms with Crippen LogP contribution in [0.3, 0.4) is 0 Å². The molecule has 0 aliphatic heterocycles. The van der Waals surface area contributed by atoms with E-state index in [-0.39, 0.29) is 5.56 Å². The number of hydrogen-bond acceptors (Lipinski definition) is 5. The number of H-pyrrole nitrogens is 1. The topological polar surface area (TPSA) is 109 Å². The number of aromatic nitrogens is 4. The number of nitrogens with one attached hydrogen (secondary N) is 3. The zero-order valence-corrected chi connectivity index (χ0v) is 19.8. The van der Waals surface area contributed by atoms with Gasteiger partial charge in [-0.3, -0.25) is 14.5 Å². The van der Waals surface area contributed by atoms with Gasteiger partial charge in [0.25, 0.3) is 5.56 Å². The first-order chi connectivity index (χ1) is 16.5. The summed E-state index contributed by atoms with van der Waals surface area (Å²) >= 11 is 0. The molecule has 0 spiro atoms. The maximum absolute atomic E-state index is 13.0. The summed E-state index contributed by atoms with van der Waals surface area (Å²) in [7, 11) is 3.47. The molecule has 2 aromatic heterocycles. The number of para-hydroxylation sites is 1. The Morgan fingerprint density at radius 1 is 1.12 bits per heavy atom. The van der Waals surface area contributed by atoms with Crippen molar-refractivity contribution in [2.75, 3.05) is 24.3 Å². The van der Waals surface area contributed by atoms with E-state index >= 15 is 0 Å². The van der Waals surface area contributed by atoms with Gasteiger partial charge < -0.3 is 20.4 Å². The Labute approximate surface area is 197 Å². The summed E-state index contributed by atoms with van der Waals surface area (Å²) in [4.78, 5) is 25.0. The van der Waals surface area contributed by atoms with Gasteiger partial charge in [-0.2, -0.15) is 5.10 Å². The highest BCUT2D eigenvalue weighted by Crippen LogP contribution is 2.31. The van der Waals surface area contributed by atoms with Crippen molar-refractivity contribution in [1.29, 1.82) is 0 Å². The molecule has 3 N–H and O–H groups in total. The molecule has 0 saturated heterocycles. The third-order valence-corrected chi connectivity index (χ3v) is 5.31. The van der Waals surface area contributed by atoms with E-state index < -0.39 is 0 Å². The molecule has 0 saturated carbocycles. The molecule has 0 unspecified atom stereocenters. The molecule has 0 bridgehead atoms. The van der Waals surface area contributed by atoms with Crippen LogP contribution in [0, 0.1) is 0 Å². The minimum Gasteiger partial charge on any atom is -0.493 e. The number of benzene rings is 2. The average Bonchev–Trinajstić information content (AvgIpc) is 3.16. The highest BCUT2D eigenvalue weighted by Gasteiger charge is 2.18. The monoisotopic (exact) mass is 459 g/mol. The fourth-order valence-electron chi connectivity index (χ4n) is 3.79. The lowest BCUT2D eigenvalue weighted by Gasteiger charge is -2.15. The lowest BCUT2D eigenvalue weighted by atomic mass is 10.1. The van der Waals surface area contributed by atoms with Crippen LogP contribution in [0.4, 0.5) is 11.4 Å². The van der Waals surface area contributed by atoms with Gasteiger partial charge in [-0.25, -0.2) is 4.98 Å². The number of rotatable bonds is 7. The summed E-state index contributed by atoms with van der Waals surface area (Å²) in [6, 6.07) is 15.4. The molecule has 34 heavy (non-hydrogen) atoms. The van der Waals surface area contributed by atoms with Gasteiger partial charge in [-0.15, -0.1) is 0 Å². The van der Waals surface area contributed by atoms with Crippen LogP contribution < -0.4 is 20.9 Å². The molecule has 176 valence electrons. The molecule has 0 radical (unpaired) electrons. The van der Waals surface area contributed by atoms with E-state index in [1.165, 1.54) is 0 Å². The zero-order valence-electron chi connectivity index (χ0n) is 19.8. The van der Waals surface area contributed by atoms with Crippen molar-refractivity contribution in [3.8, 4) is 17.1 Å². The lowest BCUT2D eigenvalue weighted by Crippen LogP contribution is -2.22. The van der Waals surface area contributed by atoms with Crippen molar-refractivity contribution >= 4 is 28.4 Å². The van der Waals surface area contributed by atoms with E-state index in [9.17, 15) is 4.79 Å². The molecule has 2 heterocycles. The number of hydrogen-bond donors (Lipinski definition) is 3. The smallest absolute Gasteiger partial charge is 0.277 e. The van der Waals surface area contributed by atoms with Crippen LogP contribution in [0.5, 0.6) is 5.75 Å². The van der Waals surface area contributed by atoms with Crippen molar-refractivity contribution < 1.29 is 4.74 Å². The predicted octanol–water partition coefficient (Wildman–Crippen LogP) is 4.18. The molecule has 4 aromatic rings. The number of nitrogens with zero attached hydrogens (tertiary/aromatic N) is 4. The van der Waals surface area contributed by atoms with Crippen LogP contribution in [0.25, 0.3) is 22.4 Å². The van der Waals surface area contributed by atoms with Crippen molar-refractivity contribution in [2.24, 2.45) is 12.0 Å². The molecule has 2 aromatic carbocycles. The van der Waals surface area contributed by atoms with E-state index in [4.69, 9.17) is 9.72 Å². The van der Waals surface area contributed by atoms with Crippen LogP contribution in [0.15, 0.2) is 58.3 Å². The first-order valence-electron chi connectivity index (χ1n) is 11.3. The Bertz CT molecular complexity index is 1370. The quantitative estimate of drug-likeness (QED) is 0.283. The molecule has 0 atom stereocenters. The minimum atomic E-state index is -0.236. The third-order valence-electron chi connectivity index (χ3n) is 5.31. The zero-order chi connectivity index (χ0) is 24.1. The Balaban J connectivity index is 1.75. The molecule has 0 aliphatic rings. The predicted molar refractivity (Wildman–Crippen MR) is 137 cm³/mol. The number of ether oxygens (including phenoxy) is 1. The molecule has 9 heteroatoms. The summed E-state index contributed by atoms with van der Waals surface area (Å²) in [6.45, 7) is 4.48. The van der Waals surface area contributed by atoms with Crippen LogP contribution >= 0.6 is 0 Å². The minimum absolute atomic E-state index is 0.236. The van der Waals surface area contributed by atoms with Gasteiger partial charge >= 0.3 is 0 Å². The summed E-state index contributed by atoms with van der Waals surface area (Å²) in [5, 5.41) is 11.1. The van der Waals surface area contributed by atoms with E-state index in [0.29, 0.717) is 40.7 Å². The number of guanidine groups is 1. The van der Waals surface area contributed by atoms with E-state index in [1.54, 1.807) is 18.8 Å². The molecule has 4 rings (SSSR count). The number of fused-ring (bicyclic) bond motifs is 1. The molecule has 0 amide bonds.